The van der Waals surface area contributed by atoms with Gasteiger partial charge in [0.15, 0.2) is 0 Å². The SMILES string of the molecule is N=[N+]([O-])[O-].c1ccc(-c2ccccc2)cc1.c1nnn[nH]1. The molecule has 0 aliphatic carbocycles. The highest BCUT2D eigenvalue weighted by Crippen LogP contribution is 2.17. The number of rotatable bonds is 1. The number of benzene rings is 2. The van der Waals surface area contributed by atoms with Crippen LogP contribution in [0, 0.1) is 15.9 Å². The lowest BCUT2D eigenvalue weighted by Gasteiger charge is -1.98. The second kappa shape index (κ2) is 9.62. The summed E-state index contributed by atoms with van der Waals surface area (Å²) in [6.45, 7) is 0. The predicted octanol–water partition coefficient (Wildman–Crippen LogP) is 2.58. The van der Waals surface area contributed by atoms with Gasteiger partial charge in [0.1, 0.15) is 6.33 Å². The molecule has 0 bridgehead atoms. The summed E-state index contributed by atoms with van der Waals surface area (Å²) in [6.07, 6.45) is 1.40. The zero-order chi connectivity index (χ0) is 15.3. The Kier molecular flexibility index (Phi) is 7.22. The van der Waals surface area contributed by atoms with Crippen LogP contribution in [0.1, 0.15) is 0 Å². The Bertz CT molecular complexity index is 542. The van der Waals surface area contributed by atoms with Crippen molar-refractivity contribution in [1.29, 1.82) is 5.53 Å². The first kappa shape index (κ1) is 15.8. The fourth-order valence-corrected chi connectivity index (χ4v) is 1.39. The van der Waals surface area contributed by atoms with Crippen LogP contribution in [-0.4, -0.2) is 25.6 Å². The monoisotopic (exact) mass is 285 g/mol. The van der Waals surface area contributed by atoms with E-state index in [1.807, 2.05) is 12.1 Å². The molecule has 3 aromatic rings. The maximum Gasteiger partial charge on any atom is 0.135 e. The number of hydrogen-bond acceptors (Lipinski definition) is 6. The van der Waals surface area contributed by atoms with Crippen LogP contribution in [0.4, 0.5) is 0 Å². The number of H-pyrrole nitrogens is 1. The smallest absolute Gasteiger partial charge is 0.135 e. The molecule has 0 saturated carbocycles. The van der Waals surface area contributed by atoms with Gasteiger partial charge in [-0.25, -0.2) is 5.10 Å². The van der Waals surface area contributed by atoms with Crippen molar-refractivity contribution in [2.24, 2.45) is 0 Å². The molecule has 0 spiro atoms. The summed E-state index contributed by atoms with van der Waals surface area (Å²) in [6, 6.07) is 20.8. The van der Waals surface area contributed by atoms with Crippen LogP contribution in [0.5, 0.6) is 0 Å². The second-order valence-electron chi connectivity index (χ2n) is 3.55. The summed E-state index contributed by atoms with van der Waals surface area (Å²) >= 11 is 0. The molecule has 0 atom stereocenters. The summed E-state index contributed by atoms with van der Waals surface area (Å²) < 4.78 is 0. The van der Waals surface area contributed by atoms with Gasteiger partial charge in [-0.15, -0.1) is 5.10 Å². The Morgan fingerprint density at radius 3 is 1.52 bits per heavy atom. The van der Waals surface area contributed by atoms with Gasteiger partial charge in [0.25, 0.3) is 0 Å². The van der Waals surface area contributed by atoms with Gasteiger partial charge in [0.2, 0.25) is 0 Å². The second-order valence-corrected chi connectivity index (χ2v) is 3.55. The molecule has 2 N–H and O–H groups in total. The molecule has 0 aliphatic rings. The van der Waals surface area contributed by atoms with Crippen LogP contribution in [-0.2, 0) is 0 Å². The van der Waals surface area contributed by atoms with Crippen molar-refractivity contribution < 1.29 is 5.02 Å². The summed E-state index contributed by atoms with van der Waals surface area (Å²) in [5, 5.41) is 27.8. The van der Waals surface area contributed by atoms with E-state index in [4.69, 9.17) is 15.9 Å². The fourth-order valence-electron chi connectivity index (χ4n) is 1.39. The van der Waals surface area contributed by atoms with E-state index in [1.54, 1.807) is 0 Å². The van der Waals surface area contributed by atoms with Crippen LogP contribution in [0.2, 0.25) is 0 Å². The zero-order valence-electron chi connectivity index (χ0n) is 11.0. The van der Waals surface area contributed by atoms with Crippen LogP contribution < -0.4 is 0 Å². The third kappa shape index (κ3) is 7.67. The quantitative estimate of drug-likeness (QED) is 0.524. The highest BCUT2D eigenvalue weighted by atomic mass is 16.8. The Hall–Kier alpha value is -3.29. The molecule has 0 radical (unpaired) electrons. The molecule has 0 aliphatic heterocycles. The standard InChI is InChI=1S/C12H10.CH2N4.HN2O2/c1-3-7-11(8-4-1)12-9-5-2-6-10-12;1-2-4-5-3-1;1-2(3)4/h1-10H;1H,(H,2,3,4,5);(H-,1,3,4)/q;;-1. The van der Waals surface area contributed by atoms with Crippen LogP contribution in [0.25, 0.3) is 11.1 Å². The van der Waals surface area contributed by atoms with Crippen LogP contribution in [0.15, 0.2) is 67.0 Å². The number of aromatic amines is 1. The van der Waals surface area contributed by atoms with E-state index in [1.165, 1.54) is 17.5 Å². The molecule has 1 heterocycles. The Morgan fingerprint density at radius 2 is 1.29 bits per heavy atom. The van der Waals surface area contributed by atoms with Gasteiger partial charge in [0, 0.05) is 0 Å². The molecule has 1 aromatic heterocycles. The Balaban J connectivity index is 0.000000203. The molecule has 3 rings (SSSR count). The van der Waals surface area contributed by atoms with E-state index < -0.39 is 5.02 Å². The first-order chi connectivity index (χ1) is 10.2. The van der Waals surface area contributed by atoms with Crippen molar-refractivity contribution in [3.8, 4) is 11.1 Å². The van der Waals surface area contributed by atoms with Gasteiger partial charge in [-0.05, 0) is 27.1 Å². The van der Waals surface area contributed by atoms with E-state index in [9.17, 15) is 0 Å². The third-order valence-corrected chi connectivity index (χ3v) is 2.15. The lowest BCUT2D eigenvalue weighted by Crippen LogP contribution is -1.74. The van der Waals surface area contributed by atoms with Gasteiger partial charge < -0.3 is 10.4 Å². The van der Waals surface area contributed by atoms with Gasteiger partial charge in [-0.2, -0.15) is 0 Å². The first-order valence-corrected chi connectivity index (χ1v) is 5.83. The van der Waals surface area contributed by atoms with E-state index >= 15 is 0 Å². The average molecular weight is 285 g/mol. The van der Waals surface area contributed by atoms with Gasteiger partial charge in [-0.1, -0.05) is 65.7 Å². The molecule has 0 saturated heterocycles. The number of tetrazole rings is 1. The summed E-state index contributed by atoms with van der Waals surface area (Å²) in [4.78, 5) is 0. The average Bonchev–Trinajstić information content (AvgIpc) is 3.08. The third-order valence-electron chi connectivity index (χ3n) is 2.15. The van der Waals surface area contributed by atoms with Crippen LogP contribution in [0.3, 0.4) is 0 Å². The summed E-state index contributed by atoms with van der Waals surface area (Å²) in [7, 11) is 0. The molecule has 108 valence electrons. The highest BCUT2D eigenvalue weighted by Gasteiger charge is 1.91. The summed E-state index contributed by atoms with van der Waals surface area (Å²) in [5.41, 5.74) is 7.86. The van der Waals surface area contributed by atoms with E-state index in [0.29, 0.717) is 0 Å². The fraction of sp³-hybridized carbons (Fsp3) is 0. The molecule has 2 aromatic carbocycles. The van der Waals surface area contributed by atoms with Crippen LogP contribution >= 0.6 is 0 Å². The minimum absolute atomic E-state index is 1.25. The molecule has 8 nitrogen and oxygen atoms in total. The topological polar surface area (TPSA) is 127 Å². The lowest BCUT2D eigenvalue weighted by atomic mass is 10.1. The first-order valence-electron chi connectivity index (χ1n) is 5.83. The minimum atomic E-state index is -1.25. The van der Waals surface area contributed by atoms with Gasteiger partial charge in [-0.3, -0.25) is 0 Å². The van der Waals surface area contributed by atoms with Crippen molar-refractivity contribution in [3.05, 3.63) is 77.4 Å². The Labute approximate surface area is 120 Å². The van der Waals surface area contributed by atoms with E-state index in [2.05, 4.69) is 69.2 Å². The molecule has 0 fully saturated rings. The molecule has 0 amide bonds. The Morgan fingerprint density at radius 1 is 0.857 bits per heavy atom. The van der Waals surface area contributed by atoms with E-state index in [-0.39, 0.29) is 0 Å². The predicted molar refractivity (Wildman–Crippen MR) is 75.8 cm³/mol. The van der Waals surface area contributed by atoms with Crippen molar-refractivity contribution in [2.75, 3.05) is 0 Å². The normalized spacial score (nSPS) is 8.57. The van der Waals surface area contributed by atoms with Crippen molar-refractivity contribution in [3.63, 3.8) is 0 Å². The maximum absolute atomic E-state index is 8.47. The largest absolute Gasteiger partial charge is 0.588 e. The maximum atomic E-state index is 8.47. The van der Waals surface area contributed by atoms with Gasteiger partial charge in [0.05, 0.1) is 0 Å². The lowest BCUT2D eigenvalue weighted by molar-refractivity contribution is -0.482. The number of hydrogen-bond donors (Lipinski definition) is 2. The number of nitrogens with one attached hydrogen (secondary N) is 2. The zero-order valence-corrected chi connectivity index (χ0v) is 11.0. The van der Waals surface area contributed by atoms with Crippen molar-refractivity contribution in [1.82, 2.24) is 20.6 Å². The molecular weight excluding hydrogens is 272 g/mol. The number of aromatic nitrogens is 4. The number of nitrogens with zero attached hydrogens (tertiary/aromatic N) is 4. The van der Waals surface area contributed by atoms with Gasteiger partial charge >= 0.3 is 0 Å². The molecular formula is C13H13N6O2-. The molecule has 8 heteroatoms. The van der Waals surface area contributed by atoms with E-state index in [0.717, 1.165) is 0 Å². The van der Waals surface area contributed by atoms with Crippen molar-refractivity contribution in [2.45, 2.75) is 0 Å². The van der Waals surface area contributed by atoms with Crippen molar-refractivity contribution >= 4 is 0 Å². The molecule has 0 unspecified atom stereocenters. The highest BCUT2D eigenvalue weighted by molar-refractivity contribution is 5.62. The summed E-state index contributed by atoms with van der Waals surface area (Å²) in [5.74, 6) is 0. The minimum Gasteiger partial charge on any atom is -0.588 e. The molecule has 21 heavy (non-hydrogen) atoms.